The van der Waals surface area contributed by atoms with E-state index in [0.717, 1.165) is 24.0 Å². The Balaban J connectivity index is 1.38. The number of nitrogens with one attached hydrogen (secondary N) is 1. The molecule has 1 N–H and O–H groups in total. The van der Waals surface area contributed by atoms with Crippen LogP contribution in [0.1, 0.15) is 35.4 Å². The highest BCUT2D eigenvalue weighted by Gasteiger charge is 2.73. The second kappa shape index (κ2) is 8.76. The first kappa shape index (κ1) is 23.3. The van der Waals surface area contributed by atoms with Crippen molar-refractivity contribution < 1.29 is 14.5 Å². The molecule has 184 valence electrons. The van der Waals surface area contributed by atoms with Crippen molar-refractivity contribution in [3.8, 4) is 5.75 Å². The molecule has 9 heteroatoms. The third-order valence-electron chi connectivity index (χ3n) is 7.78. The lowest BCUT2D eigenvalue weighted by atomic mass is 9.77. The molecule has 0 saturated carbocycles. The maximum atomic E-state index is 13.5. The summed E-state index contributed by atoms with van der Waals surface area (Å²) in [4.78, 5) is 28.0. The molecule has 3 aromatic carbocycles. The average Bonchev–Trinajstić information content (AvgIpc) is 3.52. The molecular formula is C27H23Cl2N3O4. The molecule has 0 aliphatic carbocycles. The van der Waals surface area contributed by atoms with Crippen molar-refractivity contribution >= 4 is 34.8 Å². The summed E-state index contributed by atoms with van der Waals surface area (Å²) in [5.41, 5.74) is 1.53. The molecule has 3 aromatic rings. The number of anilines is 1. The van der Waals surface area contributed by atoms with Gasteiger partial charge in [-0.25, -0.2) is 0 Å². The van der Waals surface area contributed by atoms with Crippen LogP contribution < -0.4 is 10.1 Å². The number of carbonyl (C=O) groups is 1. The standard InChI is InChI=1S/C27H23Cl2N3O4/c28-19-8-3-1-6-17(19)15-36-23-12-11-16(14-20(23)29)24-22-10-5-13-31(22)27(25(24)32(34)35)18-7-2-4-9-21(18)30-26(27)33/h1-4,6-9,11-12,14,22,24-25H,5,10,13,15H2,(H,30,33)/t22-,24+,25+,27-/m0/s1. The van der Waals surface area contributed by atoms with Crippen LogP contribution in [-0.4, -0.2) is 34.4 Å². The summed E-state index contributed by atoms with van der Waals surface area (Å²) in [5, 5.41) is 16.6. The smallest absolute Gasteiger partial charge is 0.256 e. The minimum atomic E-state index is -1.35. The summed E-state index contributed by atoms with van der Waals surface area (Å²) >= 11 is 12.9. The lowest BCUT2D eigenvalue weighted by Crippen LogP contribution is -2.55. The van der Waals surface area contributed by atoms with E-state index >= 15 is 0 Å². The topological polar surface area (TPSA) is 84.7 Å². The first-order chi connectivity index (χ1) is 17.4. The van der Waals surface area contributed by atoms with Gasteiger partial charge in [0.15, 0.2) is 5.54 Å². The highest BCUT2D eigenvalue weighted by atomic mass is 35.5. The van der Waals surface area contributed by atoms with Crippen molar-refractivity contribution in [2.45, 2.75) is 43.0 Å². The number of rotatable bonds is 5. The van der Waals surface area contributed by atoms with E-state index < -0.39 is 17.5 Å². The number of nitrogens with zero attached hydrogens (tertiary/aromatic N) is 2. The molecule has 3 aliphatic heterocycles. The van der Waals surface area contributed by atoms with Crippen LogP contribution in [0.5, 0.6) is 5.75 Å². The third kappa shape index (κ3) is 3.34. The Labute approximate surface area is 218 Å². The van der Waals surface area contributed by atoms with Gasteiger partial charge in [0.2, 0.25) is 0 Å². The van der Waals surface area contributed by atoms with Crippen LogP contribution in [0.4, 0.5) is 5.69 Å². The van der Waals surface area contributed by atoms with E-state index in [0.29, 0.717) is 33.6 Å². The lowest BCUT2D eigenvalue weighted by molar-refractivity contribution is -0.534. The largest absolute Gasteiger partial charge is 0.487 e. The monoisotopic (exact) mass is 523 g/mol. The van der Waals surface area contributed by atoms with Crippen LogP contribution >= 0.6 is 23.2 Å². The Morgan fingerprint density at radius 2 is 1.86 bits per heavy atom. The summed E-state index contributed by atoms with van der Waals surface area (Å²) in [7, 11) is 0. The zero-order valence-electron chi connectivity index (χ0n) is 19.2. The van der Waals surface area contributed by atoms with Gasteiger partial charge in [-0.05, 0) is 42.7 Å². The summed E-state index contributed by atoms with van der Waals surface area (Å²) in [6.07, 6.45) is 1.64. The van der Waals surface area contributed by atoms with E-state index in [-0.39, 0.29) is 23.5 Å². The number of ether oxygens (including phenoxy) is 1. The minimum absolute atomic E-state index is 0.150. The van der Waals surface area contributed by atoms with E-state index in [1.807, 2.05) is 42.5 Å². The van der Waals surface area contributed by atoms with Gasteiger partial charge in [0.1, 0.15) is 12.4 Å². The molecule has 3 aliphatic rings. The fourth-order valence-electron chi connectivity index (χ4n) is 6.39. The molecular weight excluding hydrogens is 501 g/mol. The van der Waals surface area contributed by atoms with E-state index in [4.69, 9.17) is 27.9 Å². The Hall–Kier alpha value is -3.13. The molecule has 2 saturated heterocycles. The molecule has 0 radical (unpaired) electrons. The fraction of sp³-hybridized carbons (Fsp3) is 0.296. The third-order valence-corrected chi connectivity index (χ3v) is 8.44. The van der Waals surface area contributed by atoms with Crippen molar-refractivity contribution in [3.63, 3.8) is 0 Å². The molecule has 1 amide bonds. The Morgan fingerprint density at radius 3 is 2.64 bits per heavy atom. The van der Waals surface area contributed by atoms with E-state index in [9.17, 15) is 14.9 Å². The van der Waals surface area contributed by atoms with Crippen molar-refractivity contribution in [2.75, 3.05) is 11.9 Å². The summed E-state index contributed by atoms with van der Waals surface area (Å²) in [5.74, 6) is -0.363. The van der Waals surface area contributed by atoms with Gasteiger partial charge in [-0.3, -0.25) is 19.8 Å². The van der Waals surface area contributed by atoms with E-state index in [2.05, 4.69) is 10.2 Å². The zero-order chi connectivity index (χ0) is 25.0. The molecule has 1 spiro atoms. The van der Waals surface area contributed by atoms with Crippen LogP contribution in [-0.2, 0) is 16.9 Å². The quantitative estimate of drug-likeness (QED) is 0.346. The number of nitro groups is 1. The summed E-state index contributed by atoms with van der Waals surface area (Å²) in [6.45, 7) is 0.871. The van der Waals surface area contributed by atoms with Gasteiger partial charge in [-0.1, -0.05) is 65.7 Å². The number of carbonyl (C=O) groups excluding carboxylic acids is 1. The van der Waals surface area contributed by atoms with Gasteiger partial charge in [-0.2, -0.15) is 0 Å². The number of fused-ring (bicyclic) bond motifs is 4. The van der Waals surface area contributed by atoms with Crippen LogP contribution in [0.3, 0.4) is 0 Å². The minimum Gasteiger partial charge on any atom is -0.487 e. The van der Waals surface area contributed by atoms with Gasteiger partial charge in [0, 0.05) is 39.3 Å². The van der Waals surface area contributed by atoms with Crippen molar-refractivity contribution in [3.05, 3.63) is 104 Å². The second-order valence-electron chi connectivity index (χ2n) is 9.49. The Bertz CT molecular complexity index is 1380. The van der Waals surface area contributed by atoms with E-state index in [1.165, 1.54) is 0 Å². The number of amides is 1. The normalized spacial score (nSPS) is 26.6. The molecule has 0 bridgehead atoms. The van der Waals surface area contributed by atoms with Gasteiger partial charge < -0.3 is 10.1 Å². The fourth-order valence-corrected chi connectivity index (χ4v) is 6.82. The summed E-state index contributed by atoms with van der Waals surface area (Å²) in [6, 6.07) is 18.7. The second-order valence-corrected chi connectivity index (χ2v) is 10.3. The molecule has 4 atom stereocenters. The lowest BCUT2D eigenvalue weighted by Gasteiger charge is -2.32. The van der Waals surface area contributed by atoms with Crippen LogP contribution in [0.15, 0.2) is 66.7 Å². The predicted molar refractivity (Wildman–Crippen MR) is 137 cm³/mol. The number of benzene rings is 3. The van der Waals surface area contributed by atoms with Crippen LogP contribution in [0.25, 0.3) is 0 Å². The highest BCUT2D eigenvalue weighted by Crippen LogP contribution is 2.58. The van der Waals surface area contributed by atoms with Gasteiger partial charge >= 0.3 is 0 Å². The predicted octanol–water partition coefficient (Wildman–Crippen LogP) is 5.63. The summed E-state index contributed by atoms with van der Waals surface area (Å²) < 4.78 is 5.91. The van der Waals surface area contributed by atoms with Crippen molar-refractivity contribution in [1.29, 1.82) is 0 Å². The first-order valence-corrected chi connectivity index (χ1v) is 12.7. The molecule has 7 nitrogen and oxygen atoms in total. The molecule has 0 aromatic heterocycles. The van der Waals surface area contributed by atoms with Crippen molar-refractivity contribution in [1.82, 2.24) is 4.90 Å². The average molecular weight is 524 g/mol. The number of hydrogen-bond acceptors (Lipinski definition) is 5. The zero-order valence-corrected chi connectivity index (χ0v) is 20.7. The molecule has 0 unspecified atom stereocenters. The van der Waals surface area contributed by atoms with E-state index in [1.54, 1.807) is 24.3 Å². The maximum Gasteiger partial charge on any atom is 0.256 e. The number of hydrogen-bond donors (Lipinski definition) is 1. The van der Waals surface area contributed by atoms with Crippen LogP contribution in [0.2, 0.25) is 10.0 Å². The van der Waals surface area contributed by atoms with Gasteiger partial charge in [0.25, 0.3) is 11.9 Å². The molecule has 6 rings (SSSR count). The van der Waals surface area contributed by atoms with Crippen LogP contribution in [0, 0.1) is 10.1 Å². The Kier molecular flexibility index (Phi) is 5.67. The SMILES string of the molecule is O=C1Nc2ccccc2[C@]12[C@H]([N+](=O)[O-])[C@H](c1ccc(OCc3ccccc3Cl)c(Cl)c1)[C@@H]1CCCN12. The molecule has 3 heterocycles. The molecule has 36 heavy (non-hydrogen) atoms. The maximum absolute atomic E-state index is 13.5. The highest BCUT2D eigenvalue weighted by molar-refractivity contribution is 6.32. The van der Waals surface area contributed by atoms with Gasteiger partial charge in [0.05, 0.1) is 10.9 Å². The van der Waals surface area contributed by atoms with Gasteiger partial charge in [-0.15, -0.1) is 0 Å². The first-order valence-electron chi connectivity index (χ1n) is 11.9. The number of para-hydroxylation sites is 1. The molecule has 2 fully saturated rings. The number of halogens is 2. The Morgan fingerprint density at radius 1 is 1.08 bits per heavy atom. The van der Waals surface area contributed by atoms with Crippen molar-refractivity contribution in [2.24, 2.45) is 0 Å².